The summed E-state index contributed by atoms with van der Waals surface area (Å²) in [6.45, 7) is 0.511. The topological polar surface area (TPSA) is 41.6 Å². The number of urea groups is 1. The van der Waals surface area contributed by atoms with Crippen LogP contribution in [0.3, 0.4) is 0 Å². The number of hydrogen-bond acceptors (Lipinski definition) is 2. The number of nitrogens with one attached hydrogen (secondary N) is 1. The van der Waals surface area contributed by atoms with Gasteiger partial charge in [-0.2, -0.15) is 0 Å². The third kappa shape index (κ3) is 3.62. The van der Waals surface area contributed by atoms with Gasteiger partial charge >= 0.3 is 6.03 Å². The van der Waals surface area contributed by atoms with Gasteiger partial charge in [-0.15, -0.1) is 11.6 Å². The highest BCUT2D eigenvalue weighted by Gasteiger charge is 2.07. The number of benzene rings is 1. The van der Waals surface area contributed by atoms with Crippen LogP contribution in [-0.4, -0.2) is 37.5 Å². The first kappa shape index (κ1) is 12.6. The van der Waals surface area contributed by atoms with Crippen LogP contribution in [0, 0.1) is 0 Å². The second-order valence-electron chi connectivity index (χ2n) is 3.27. The van der Waals surface area contributed by atoms with Crippen LogP contribution in [-0.2, 0) is 0 Å². The van der Waals surface area contributed by atoms with Crippen molar-refractivity contribution in [3.8, 4) is 5.75 Å². The van der Waals surface area contributed by atoms with E-state index >= 15 is 0 Å². The lowest BCUT2D eigenvalue weighted by molar-refractivity contribution is 0.225. The minimum Gasteiger partial charge on any atom is -0.497 e. The van der Waals surface area contributed by atoms with Gasteiger partial charge in [-0.05, 0) is 12.1 Å². The minimum absolute atomic E-state index is 0.186. The maximum atomic E-state index is 11.6. The number of hydrogen-bond donors (Lipinski definition) is 1. The zero-order valence-corrected chi connectivity index (χ0v) is 10.1. The summed E-state index contributed by atoms with van der Waals surface area (Å²) in [5.41, 5.74) is 0.700. The summed E-state index contributed by atoms with van der Waals surface area (Å²) in [6, 6.07) is 7.00. The fourth-order valence-corrected chi connectivity index (χ4v) is 1.40. The normalized spacial score (nSPS) is 9.69. The van der Waals surface area contributed by atoms with Crippen LogP contribution in [0.25, 0.3) is 0 Å². The number of methoxy groups -OCH3 is 1. The molecule has 0 unspecified atom stereocenters. The molecule has 0 saturated heterocycles. The monoisotopic (exact) mass is 242 g/mol. The lowest BCUT2D eigenvalue weighted by atomic mass is 10.3. The fourth-order valence-electron chi connectivity index (χ4n) is 1.15. The highest BCUT2D eigenvalue weighted by molar-refractivity contribution is 6.18. The van der Waals surface area contributed by atoms with Crippen LogP contribution < -0.4 is 10.1 Å². The van der Waals surface area contributed by atoms with Gasteiger partial charge in [0.1, 0.15) is 5.75 Å². The van der Waals surface area contributed by atoms with Gasteiger partial charge in [-0.3, -0.25) is 0 Å². The molecule has 5 heteroatoms. The third-order valence-corrected chi connectivity index (χ3v) is 2.26. The van der Waals surface area contributed by atoms with Gasteiger partial charge in [0.15, 0.2) is 0 Å². The molecule has 16 heavy (non-hydrogen) atoms. The van der Waals surface area contributed by atoms with Crippen molar-refractivity contribution in [3.05, 3.63) is 24.3 Å². The van der Waals surface area contributed by atoms with E-state index in [1.165, 1.54) is 4.90 Å². The first-order valence-corrected chi connectivity index (χ1v) is 5.43. The summed E-state index contributed by atoms with van der Waals surface area (Å²) in [5, 5.41) is 2.75. The van der Waals surface area contributed by atoms with Gasteiger partial charge in [0, 0.05) is 31.2 Å². The smallest absolute Gasteiger partial charge is 0.321 e. The number of amides is 2. The van der Waals surface area contributed by atoms with Crippen molar-refractivity contribution in [1.82, 2.24) is 4.90 Å². The zero-order chi connectivity index (χ0) is 12.0. The van der Waals surface area contributed by atoms with Crippen molar-refractivity contribution >= 4 is 23.3 Å². The maximum absolute atomic E-state index is 11.6. The first-order chi connectivity index (χ1) is 7.67. The second-order valence-corrected chi connectivity index (χ2v) is 3.65. The Bertz CT molecular complexity index is 358. The molecule has 2 amide bonds. The van der Waals surface area contributed by atoms with Crippen molar-refractivity contribution in [2.75, 3.05) is 31.9 Å². The van der Waals surface area contributed by atoms with Crippen LogP contribution in [0.2, 0.25) is 0 Å². The molecule has 0 heterocycles. The molecule has 1 N–H and O–H groups in total. The second kappa shape index (κ2) is 6.23. The Morgan fingerprint density at radius 1 is 1.56 bits per heavy atom. The molecule has 1 aromatic rings. The van der Waals surface area contributed by atoms with E-state index in [4.69, 9.17) is 16.3 Å². The average Bonchev–Trinajstić information content (AvgIpc) is 2.29. The standard InChI is InChI=1S/C11H15ClN2O2/c1-14(7-6-12)11(15)13-9-4-3-5-10(8-9)16-2/h3-5,8H,6-7H2,1-2H3,(H,13,15). The van der Waals surface area contributed by atoms with Gasteiger partial charge in [0.25, 0.3) is 0 Å². The predicted molar refractivity (Wildman–Crippen MR) is 65.4 cm³/mol. The summed E-state index contributed by atoms with van der Waals surface area (Å²) < 4.78 is 5.06. The molecule has 0 bridgehead atoms. The molecular formula is C11H15ClN2O2. The van der Waals surface area contributed by atoms with Gasteiger partial charge in [-0.1, -0.05) is 6.07 Å². The molecule has 0 aliphatic carbocycles. The zero-order valence-electron chi connectivity index (χ0n) is 9.37. The lowest BCUT2D eigenvalue weighted by Crippen LogP contribution is -2.32. The Morgan fingerprint density at radius 3 is 2.94 bits per heavy atom. The number of nitrogens with zero attached hydrogens (tertiary/aromatic N) is 1. The first-order valence-electron chi connectivity index (χ1n) is 4.89. The molecule has 4 nitrogen and oxygen atoms in total. The average molecular weight is 243 g/mol. The van der Waals surface area contributed by atoms with Crippen LogP contribution in [0.5, 0.6) is 5.75 Å². The van der Waals surface area contributed by atoms with Crippen LogP contribution in [0.1, 0.15) is 0 Å². The number of rotatable bonds is 4. The van der Waals surface area contributed by atoms with Crippen molar-refractivity contribution in [2.24, 2.45) is 0 Å². The molecule has 0 aliphatic heterocycles. The number of halogens is 1. The van der Waals surface area contributed by atoms with Crippen molar-refractivity contribution in [3.63, 3.8) is 0 Å². The molecular weight excluding hydrogens is 228 g/mol. The molecule has 0 spiro atoms. The Morgan fingerprint density at radius 2 is 2.31 bits per heavy atom. The molecule has 0 aliphatic rings. The van der Waals surface area contributed by atoms with Crippen LogP contribution >= 0.6 is 11.6 Å². The summed E-state index contributed by atoms with van der Waals surface area (Å²) in [4.78, 5) is 13.1. The largest absolute Gasteiger partial charge is 0.497 e. The number of carbonyl (C=O) groups is 1. The van der Waals surface area contributed by atoms with Gasteiger partial charge in [0.05, 0.1) is 7.11 Å². The lowest BCUT2D eigenvalue weighted by Gasteiger charge is -2.16. The summed E-state index contributed by atoms with van der Waals surface area (Å²) >= 11 is 5.55. The Kier molecular flexibility index (Phi) is 4.92. The number of ether oxygens (including phenoxy) is 1. The fraction of sp³-hybridized carbons (Fsp3) is 0.364. The summed E-state index contributed by atoms with van der Waals surface area (Å²) in [5.74, 6) is 1.12. The van der Waals surface area contributed by atoms with Crippen molar-refractivity contribution < 1.29 is 9.53 Å². The Balaban J connectivity index is 2.61. The maximum Gasteiger partial charge on any atom is 0.321 e. The number of alkyl halides is 1. The minimum atomic E-state index is -0.186. The molecule has 0 atom stereocenters. The van der Waals surface area contributed by atoms with Crippen molar-refractivity contribution in [2.45, 2.75) is 0 Å². The van der Waals surface area contributed by atoms with Crippen LogP contribution in [0.15, 0.2) is 24.3 Å². The Hall–Kier alpha value is -1.42. The predicted octanol–water partition coefficient (Wildman–Crippen LogP) is 2.40. The molecule has 0 saturated carbocycles. The SMILES string of the molecule is COc1cccc(NC(=O)N(C)CCCl)c1. The van der Waals surface area contributed by atoms with Crippen molar-refractivity contribution in [1.29, 1.82) is 0 Å². The molecule has 88 valence electrons. The van der Waals surface area contributed by atoms with E-state index < -0.39 is 0 Å². The number of anilines is 1. The highest BCUT2D eigenvalue weighted by Crippen LogP contribution is 2.16. The van der Waals surface area contributed by atoms with Gasteiger partial charge in [0.2, 0.25) is 0 Å². The van der Waals surface area contributed by atoms with E-state index in [9.17, 15) is 4.79 Å². The molecule has 1 rings (SSSR count). The summed E-state index contributed by atoms with van der Waals surface area (Å²) in [7, 11) is 3.28. The van der Waals surface area contributed by atoms with E-state index in [-0.39, 0.29) is 6.03 Å². The quantitative estimate of drug-likeness (QED) is 0.824. The van der Waals surface area contributed by atoms with Gasteiger partial charge in [-0.25, -0.2) is 4.79 Å². The van der Waals surface area contributed by atoms with E-state index in [1.54, 1.807) is 26.3 Å². The molecule has 0 fully saturated rings. The molecule has 1 aromatic carbocycles. The highest BCUT2D eigenvalue weighted by atomic mass is 35.5. The van der Waals surface area contributed by atoms with Gasteiger partial charge < -0.3 is 15.0 Å². The molecule has 0 radical (unpaired) electrons. The van der Waals surface area contributed by atoms with Crippen LogP contribution in [0.4, 0.5) is 10.5 Å². The third-order valence-electron chi connectivity index (χ3n) is 2.09. The summed E-state index contributed by atoms with van der Waals surface area (Å²) in [6.07, 6.45) is 0. The van der Waals surface area contributed by atoms with E-state index in [0.717, 1.165) is 0 Å². The number of carbonyl (C=O) groups excluding carboxylic acids is 1. The molecule has 0 aromatic heterocycles. The van der Waals surface area contributed by atoms with E-state index in [1.807, 2.05) is 12.1 Å². The Labute approximate surface area is 100 Å². The van der Waals surface area contributed by atoms with E-state index in [0.29, 0.717) is 23.9 Å². The van der Waals surface area contributed by atoms with E-state index in [2.05, 4.69) is 5.32 Å².